The summed E-state index contributed by atoms with van der Waals surface area (Å²) < 4.78 is 10.9. The summed E-state index contributed by atoms with van der Waals surface area (Å²) in [5.41, 5.74) is 2.78. The maximum Gasteiger partial charge on any atom is 0.151 e. The molecule has 2 aliphatic rings. The Morgan fingerprint density at radius 3 is 3.00 bits per heavy atom. The fraction of sp³-hybridized carbons (Fsp3) is 0.250. The van der Waals surface area contributed by atoms with E-state index in [1.807, 2.05) is 25.1 Å². The Labute approximate surface area is 87.3 Å². The monoisotopic (exact) mass is 202 g/mol. The third-order valence-corrected chi connectivity index (χ3v) is 2.75. The van der Waals surface area contributed by atoms with E-state index in [2.05, 4.69) is 0 Å². The van der Waals surface area contributed by atoms with E-state index in [4.69, 9.17) is 9.47 Å². The molecular formula is C12H10O3. The van der Waals surface area contributed by atoms with Crippen LogP contribution in [0.2, 0.25) is 0 Å². The average Bonchev–Trinajstić information content (AvgIpc) is 2.99. The highest BCUT2D eigenvalue weighted by Crippen LogP contribution is 2.48. The number of carbonyl (C=O) groups is 1. The van der Waals surface area contributed by atoms with Gasteiger partial charge in [0.2, 0.25) is 0 Å². The van der Waals surface area contributed by atoms with Crippen LogP contribution < -0.4 is 4.74 Å². The number of rotatable bonds is 1. The van der Waals surface area contributed by atoms with Gasteiger partial charge < -0.3 is 9.47 Å². The Kier molecular flexibility index (Phi) is 1.70. The van der Waals surface area contributed by atoms with E-state index >= 15 is 0 Å². The van der Waals surface area contributed by atoms with Crippen molar-refractivity contribution in [3.8, 4) is 5.75 Å². The highest BCUT2D eigenvalue weighted by molar-refractivity contribution is 5.76. The second-order valence-electron chi connectivity index (χ2n) is 3.87. The van der Waals surface area contributed by atoms with Crippen molar-refractivity contribution in [3.63, 3.8) is 0 Å². The van der Waals surface area contributed by atoms with Gasteiger partial charge in [-0.3, -0.25) is 4.79 Å². The summed E-state index contributed by atoms with van der Waals surface area (Å²) in [7, 11) is 0. The molecule has 0 radical (unpaired) electrons. The van der Waals surface area contributed by atoms with E-state index in [9.17, 15) is 4.79 Å². The molecule has 76 valence electrons. The molecule has 1 fully saturated rings. The van der Waals surface area contributed by atoms with Crippen LogP contribution in [0.1, 0.15) is 17.2 Å². The van der Waals surface area contributed by atoms with Gasteiger partial charge in [0, 0.05) is 5.56 Å². The Bertz CT molecular complexity index is 462. The van der Waals surface area contributed by atoms with Crippen molar-refractivity contribution < 1.29 is 14.3 Å². The predicted molar refractivity (Wildman–Crippen MR) is 53.6 cm³/mol. The van der Waals surface area contributed by atoms with Gasteiger partial charge in [0.15, 0.2) is 6.29 Å². The van der Waals surface area contributed by atoms with Gasteiger partial charge >= 0.3 is 0 Å². The number of fused-ring (bicyclic) bond motifs is 3. The first-order valence-corrected chi connectivity index (χ1v) is 4.87. The third kappa shape index (κ3) is 1.27. The summed E-state index contributed by atoms with van der Waals surface area (Å²) in [4.78, 5) is 10.7. The highest BCUT2D eigenvalue weighted by atomic mass is 16.6. The molecule has 3 heteroatoms. The number of aryl methyl sites for hydroxylation is 1. The Morgan fingerprint density at radius 1 is 1.33 bits per heavy atom. The summed E-state index contributed by atoms with van der Waals surface area (Å²) in [6, 6.07) is 5.94. The van der Waals surface area contributed by atoms with E-state index in [-0.39, 0.29) is 12.2 Å². The minimum atomic E-state index is -0.106. The van der Waals surface area contributed by atoms with Gasteiger partial charge in [0.25, 0.3) is 0 Å². The molecule has 0 aliphatic carbocycles. The van der Waals surface area contributed by atoms with Crippen LogP contribution in [-0.4, -0.2) is 12.4 Å². The van der Waals surface area contributed by atoms with E-state index in [0.29, 0.717) is 5.57 Å². The summed E-state index contributed by atoms with van der Waals surface area (Å²) in [6.45, 7) is 2.02. The predicted octanol–water partition coefficient (Wildman–Crippen LogP) is 1.91. The molecule has 3 nitrogen and oxygen atoms in total. The van der Waals surface area contributed by atoms with Crippen LogP contribution >= 0.6 is 0 Å². The lowest BCUT2D eigenvalue weighted by Crippen LogP contribution is -1.94. The van der Waals surface area contributed by atoms with Crippen molar-refractivity contribution in [2.24, 2.45) is 0 Å². The molecule has 0 amide bonds. The molecule has 0 aromatic heterocycles. The highest BCUT2D eigenvalue weighted by Gasteiger charge is 2.46. The van der Waals surface area contributed by atoms with E-state index in [1.165, 1.54) is 11.8 Å². The molecule has 2 unspecified atom stereocenters. The summed E-state index contributed by atoms with van der Waals surface area (Å²) in [5.74, 6) is 0.782. The zero-order valence-corrected chi connectivity index (χ0v) is 8.27. The molecule has 2 aliphatic heterocycles. The molecule has 0 N–H and O–H groups in total. The van der Waals surface area contributed by atoms with Crippen LogP contribution in [-0.2, 0) is 9.53 Å². The largest absolute Gasteiger partial charge is 0.464 e. The molecule has 15 heavy (non-hydrogen) atoms. The fourth-order valence-corrected chi connectivity index (χ4v) is 1.89. The van der Waals surface area contributed by atoms with Crippen LogP contribution in [0.3, 0.4) is 0 Å². The SMILES string of the molecule is Cc1ccc2c(c1)C1OC1C(C=O)=CO2. The van der Waals surface area contributed by atoms with E-state index in [1.54, 1.807) is 0 Å². The normalized spacial score (nSPS) is 26.6. The molecule has 0 spiro atoms. The van der Waals surface area contributed by atoms with Gasteiger partial charge in [-0.2, -0.15) is 0 Å². The van der Waals surface area contributed by atoms with Crippen molar-refractivity contribution in [1.29, 1.82) is 0 Å². The summed E-state index contributed by atoms with van der Waals surface area (Å²) >= 11 is 0. The fourth-order valence-electron chi connectivity index (χ4n) is 1.89. The number of ether oxygens (including phenoxy) is 2. The maximum absolute atomic E-state index is 10.7. The van der Waals surface area contributed by atoms with Crippen LogP contribution in [0, 0.1) is 6.92 Å². The molecule has 1 aromatic rings. The van der Waals surface area contributed by atoms with Crippen LogP contribution in [0.4, 0.5) is 0 Å². The first-order valence-electron chi connectivity index (χ1n) is 4.87. The standard InChI is InChI=1S/C12H10O3/c1-7-2-3-10-9(4-7)12-11(15-12)8(5-13)6-14-10/h2-6,11-12H,1H3. The second-order valence-corrected chi connectivity index (χ2v) is 3.87. The van der Waals surface area contributed by atoms with Crippen molar-refractivity contribution >= 4 is 6.29 Å². The topological polar surface area (TPSA) is 38.8 Å². The maximum atomic E-state index is 10.7. The molecule has 1 saturated heterocycles. The van der Waals surface area contributed by atoms with Crippen molar-refractivity contribution in [3.05, 3.63) is 41.2 Å². The minimum Gasteiger partial charge on any atom is -0.464 e. The number of hydrogen-bond donors (Lipinski definition) is 0. The summed E-state index contributed by atoms with van der Waals surface area (Å²) in [5, 5.41) is 0. The smallest absolute Gasteiger partial charge is 0.151 e. The number of carbonyl (C=O) groups excluding carboxylic acids is 1. The number of aldehydes is 1. The molecule has 0 bridgehead atoms. The van der Waals surface area contributed by atoms with Gasteiger partial charge in [-0.05, 0) is 19.1 Å². The Balaban J connectivity index is 2.07. The lowest BCUT2D eigenvalue weighted by Gasteiger charge is -2.05. The molecule has 2 heterocycles. The van der Waals surface area contributed by atoms with Crippen LogP contribution in [0.15, 0.2) is 30.0 Å². The van der Waals surface area contributed by atoms with Crippen LogP contribution in [0.5, 0.6) is 5.75 Å². The third-order valence-electron chi connectivity index (χ3n) is 2.75. The number of hydrogen-bond acceptors (Lipinski definition) is 3. The van der Waals surface area contributed by atoms with Gasteiger partial charge in [0.1, 0.15) is 24.2 Å². The quantitative estimate of drug-likeness (QED) is 0.515. The van der Waals surface area contributed by atoms with Gasteiger partial charge in [-0.15, -0.1) is 0 Å². The second kappa shape index (κ2) is 2.94. The van der Waals surface area contributed by atoms with Crippen molar-refractivity contribution in [1.82, 2.24) is 0 Å². The molecule has 0 saturated carbocycles. The molecule has 1 aromatic carbocycles. The summed E-state index contributed by atoms with van der Waals surface area (Å²) in [6.07, 6.45) is 2.17. The van der Waals surface area contributed by atoms with Gasteiger partial charge in [-0.1, -0.05) is 11.6 Å². The van der Waals surface area contributed by atoms with Crippen molar-refractivity contribution in [2.75, 3.05) is 0 Å². The molecule has 3 rings (SSSR count). The van der Waals surface area contributed by atoms with E-state index < -0.39 is 0 Å². The zero-order chi connectivity index (χ0) is 10.4. The molecule has 2 atom stereocenters. The lowest BCUT2D eigenvalue weighted by molar-refractivity contribution is -0.105. The Morgan fingerprint density at radius 2 is 2.20 bits per heavy atom. The lowest BCUT2D eigenvalue weighted by atomic mass is 10.0. The zero-order valence-electron chi connectivity index (χ0n) is 8.27. The van der Waals surface area contributed by atoms with Gasteiger partial charge in [0.05, 0.1) is 5.57 Å². The molecular weight excluding hydrogens is 192 g/mol. The van der Waals surface area contributed by atoms with Gasteiger partial charge in [-0.25, -0.2) is 0 Å². The number of benzene rings is 1. The number of epoxide rings is 1. The first-order chi connectivity index (χ1) is 7.29. The van der Waals surface area contributed by atoms with E-state index in [0.717, 1.165) is 17.6 Å². The minimum absolute atomic E-state index is 0.00106. The van der Waals surface area contributed by atoms with Crippen molar-refractivity contribution in [2.45, 2.75) is 19.1 Å². The Hall–Kier alpha value is -1.61. The first kappa shape index (κ1) is 8.68. The average molecular weight is 202 g/mol. The van der Waals surface area contributed by atoms with Crippen LogP contribution in [0.25, 0.3) is 0 Å².